The van der Waals surface area contributed by atoms with Crippen LogP contribution in [0.3, 0.4) is 0 Å². The second-order valence-corrected chi connectivity index (χ2v) is 2.99. The lowest BCUT2D eigenvalue weighted by molar-refractivity contribution is -0.192. The molecule has 0 heterocycles. The fraction of sp³-hybridized carbons (Fsp3) is 0.667. The van der Waals surface area contributed by atoms with Crippen LogP contribution < -0.4 is 5.32 Å². The van der Waals surface area contributed by atoms with Crippen molar-refractivity contribution in [1.82, 2.24) is 5.32 Å². The van der Waals surface area contributed by atoms with E-state index in [4.69, 9.17) is 5.11 Å². The van der Waals surface area contributed by atoms with Crippen LogP contribution in [0, 0.1) is 5.92 Å². The van der Waals surface area contributed by atoms with Crippen LogP contribution in [0.25, 0.3) is 0 Å². The topological polar surface area (TPSA) is 49.3 Å². The molecule has 0 aromatic carbocycles. The van der Waals surface area contributed by atoms with Gasteiger partial charge < -0.3 is 10.4 Å². The largest absolute Gasteiger partial charge is 0.481 e. The highest BCUT2D eigenvalue weighted by atomic mass is 19.4. The van der Waals surface area contributed by atoms with Crippen LogP contribution in [0.1, 0.15) is 13.3 Å². The Morgan fingerprint density at radius 3 is 2.53 bits per heavy atom. The average Bonchev–Trinajstić information content (AvgIpc) is 2.08. The van der Waals surface area contributed by atoms with Gasteiger partial charge in [-0.1, -0.05) is 12.2 Å². The van der Waals surface area contributed by atoms with Gasteiger partial charge in [-0.15, -0.1) is 0 Å². The highest BCUT2D eigenvalue weighted by Crippen LogP contribution is 2.25. The van der Waals surface area contributed by atoms with Gasteiger partial charge in [-0.3, -0.25) is 4.79 Å². The molecule has 1 atom stereocenters. The third-order valence-corrected chi connectivity index (χ3v) is 1.77. The summed E-state index contributed by atoms with van der Waals surface area (Å²) in [6, 6.07) is 0. The average molecular weight is 225 g/mol. The van der Waals surface area contributed by atoms with Crippen LogP contribution in [0.2, 0.25) is 0 Å². The maximum Gasteiger partial charge on any atom is 0.403 e. The molecule has 0 saturated heterocycles. The second-order valence-electron chi connectivity index (χ2n) is 2.99. The summed E-state index contributed by atoms with van der Waals surface area (Å²) in [4.78, 5) is 10.3. The Morgan fingerprint density at radius 2 is 2.13 bits per heavy atom. The third kappa shape index (κ3) is 6.11. The van der Waals surface area contributed by atoms with Crippen LogP contribution in [0.4, 0.5) is 13.2 Å². The molecule has 0 aliphatic rings. The molecule has 0 aromatic rings. The molecule has 2 N–H and O–H groups in total. The molecule has 0 aromatic heterocycles. The molecule has 0 amide bonds. The summed E-state index contributed by atoms with van der Waals surface area (Å²) in [7, 11) is 0. The SMILES string of the molecule is C/C=C/CCNCC(C(=O)O)C(F)(F)F. The van der Waals surface area contributed by atoms with Crippen molar-refractivity contribution in [3.8, 4) is 0 Å². The molecule has 0 bridgehead atoms. The molecule has 0 spiro atoms. The lowest BCUT2D eigenvalue weighted by atomic mass is 10.1. The van der Waals surface area contributed by atoms with E-state index in [0.717, 1.165) is 0 Å². The molecule has 6 heteroatoms. The first-order chi connectivity index (χ1) is 6.89. The minimum absolute atomic E-state index is 0.337. The van der Waals surface area contributed by atoms with E-state index in [9.17, 15) is 18.0 Å². The fourth-order valence-corrected chi connectivity index (χ4v) is 0.942. The zero-order valence-electron chi connectivity index (χ0n) is 8.34. The molecule has 0 radical (unpaired) electrons. The second kappa shape index (κ2) is 6.44. The van der Waals surface area contributed by atoms with Crippen LogP contribution in [-0.2, 0) is 4.79 Å². The molecule has 0 aliphatic heterocycles. The summed E-state index contributed by atoms with van der Waals surface area (Å²) in [5.41, 5.74) is 0. The van der Waals surface area contributed by atoms with Gasteiger partial charge in [-0.05, 0) is 19.9 Å². The number of alkyl halides is 3. The van der Waals surface area contributed by atoms with E-state index in [-0.39, 0.29) is 0 Å². The number of hydrogen-bond donors (Lipinski definition) is 2. The van der Waals surface area contributed by atoms with Crippen LogP contribution in [-0.4, -0.2) is 30.3 Å². The third-order valence-electron chi connectivity index (χ3n) is 1.77. The maximum atomic E-state index is 12.1. The van der Waals surface area contributed by atoms with E-state index in [1.54, 1.807) is 19.1 Å². The first-order valence-corrected chi connectivity index (χ1v) is 4.51. The molecule has 0 rings (SSSR count). The van der Waals surface area contributed by atoms with Crippen molar-refractivity contribution in [3.05, 3.63) is 12.2 Å². The zero-order valence-corrected chi connectivity index (χ0v) is 8.34. The number of rotatable bonds is 6. The Hall–Kier alpha value is -1.04. The molecular weight excluding hydrogens is 211 g/mol. The molecule has 1 unspecified atom stereocenters. The Labute approximate surface area is 86.0 Å². The Kier molecular flexibility index (Phi) is 6.00. The molecule has 3 nitrogen and oxygen atoms in total. The summed E-state index contributed by atoms with van der Waals surface area (Å²) in [6.07, 6.45) is -0.545. The number of carboxylic acids is 1. The predicted octanol–water partition coefficient (Wildman–Crippen LogP) is 1.81. The van der Waals surface area contributed by atoms with Crippen LogP contribution in [0.15, 0.2) is 12.2 Å². The van der Waals surface area contributed by atoms with Crippen molar-refractivity contribution < 1.29 is 23.1 Å². The normalized spacial score (nSPS) is 14.4. The first kappa shape index (κ1) is 14.0. The summed E-state index contributed by atoms with van der Waals surface area (Å²) >= 11 is 0. The maximum absolute atomic E-state index is 12.1. The first-order valence-electron chi connectivity index (χ1n) is 4.51. The lowest BCUT2D eigenvalue weighted by Crippen LogP contribution is -2.39. The Morgan fingerprint density at radius 1 is 1.53 bits per heavy atom. The number of allylic oxidation sites excluding steroid dienone is 1. The number of nitrogens with one attached hydrogen (secondary N) is 1. The van der Waals surface area contributed by atoms with Crippen molar-refractivity contribution in [2.24, 2.45) is 5.92 Å². The number of carbonyl (C=O) groups is 1. The molecule has 0 aliphatic carbocycles. The standard InChI is InChI=1S/C9H14F3NO2/c1-2-3-4-5-13-6-7(8(14)15)9(10,11)12/h2-3,7,13H,4-6H2,1H3,(H,14,15)/b3-2+. The molecule has 0 saturated carbocycles. The molecule has 0 fully saturated rings. The zero-order chi connectivity index (χ0) is 11.9. The van der Waals surface area contributed by atoms with Crippen LogP contribution >= 0.6 is 0 Å². The van der Waals surface area contributed by atoms with Gasteiger partial charge in [0.2, 0.25) is 0 Å². The minimum Gasteiger partial charge on any atom is -0.481 e. The number of carboxylic acid groups (broad SMARTS) is 1. The van der Waals surface area contributed by atoms with Gasteiger partial charge in [0.25, 0.3) is 0 Å². The van der Waals surface area contributed by atoms with Gasteiger partial charge >= 0.3 is 12.1 Å². The number of aliphatic carboxylic acids is 1. The molecular formula is C9H14F3NO2. The van der Waals surface area contributed by atoms with Crippen molar-refractivity contribution in [2.45, 2.75) is 19.5 Å². The van der Waals surface area contributed by atoms with E-state index in [1.165, 1.54) is 0 Å². The highest BCUT2D eigenvalue weighted by Gasteiger charge is 2.44. The Bertz CT molecular complexity index is 226. The van der Waals surface area contributed by atoms with Crippen molar-refractivity contribution in [2.75, 3.05) is 13.1 Å². The van der Waals surface area contributed by atoms with Crippen LogP contribution in [0.5, 0.6) is 0 Å². The van der Waals surface area contributed by atoms with Gasteiger partial charge in [0.1, 0.15) is 0 Å². The minimum atomic E-state index is -4.70. The van der Waals surface area contributed by atoms with Crippen molar-refractivity contribution >= 4 is 5.97 Å². The smallest absolute Gasteiger partial charge is 0.403 e. The van der Waals surface area contributed by atoms with E-state index in [2.05, 4.69) is 5.32 Å². The summed E-state index contributed by atoms with van der Waals surface area (Å²) in [5.74, 6) is -4.18. The lowest BCUT2D eigenvalue weighted by Gasteiger charge is -2.16. The quantitative estimate of drug-likeness (QED) is 0.535. The van der Waals surface area contributed by atoms with Crippen molar-refractivity contribution in [3.63, 3.8) is 0 Å². The number of halogens is 3. The highest BCUT2D eigenvalue weighted by molar-refractivity contribution is 5.71. The van der Waals surface area contributed by atoms with E-state index in [1.807, 2.05) is 0 Å². The monoisotopic (exact) mass is 225 g/mol. The van der Waals surface area contributed by atoms with E-state index in [0.29, 0.717) is 13.0 Å². The summed E-state index contributed by atoms with van der Waals surface area (Å²) in [6.45, 7) is 1.55. The predicted molar refractivity (Wildman–Crippen MR) is 49.5 cm³/mol. The van der Waals surface area contributed by atoms with Gasteiger partial charge in [-0.2, -0.15) is 13.2 Å². The summed E-state index contributed by atoms with van der Waals surface area (Å²) < 4.78 is 36.3. The van der Waals surface area contributed by atoms with E-state index < -0.39 is 24.6 Å². The van der Waals surface area contributed by atoms with Gasteiger partial charge in [0, 0.05) is 6.54 Å². The molecule has 88 valence electrons. The fourth-order valence-electron chi connectivity index (χ4n) is 0.942. The van der Waals surface area contributed by atoms with E-state index >= 15 is 0 Å². The van der Waals surface area contributed by atoms with Gasteiger partial charge in [0.05, 0.1) is 0 Å². The number of hydrogen-bond acceptors (Lipinski definition) is 2. The van der Waals surface area contributed by atoms with Gasteiger partial charge in [0.15, 0.2) is 5.92 Å². The molecule has 15 heavy (non-hydrogen) atoms. The van der Waals surface area contributed by atoms with Gasteiger partial charge in [-0.25, -0.2) is 0 Å². The van der Waals surface area contributed by atoms with Crippen molar-refractivity contribution in [1.29, 1.82) is 0 Å². The Balaban J connectivity index is 3.94. The summed E-state index contributed by atoms with van der Waals surface area (Å²) in [5, 5.41) is 10.8.